The van der Waals surface area contributed by atoms with Crippen LogP contribution in [0.15, 0.2) is 12.1 Å². The molecule has 1 amide bonds. The van der Waals surface area contributed by atoms with Crippen LogP contribution in [0.1, 0.15) is 16.7 Å². The average molecular weight is 256 g/mol. The van der Waals surface area contributed by atoms with Crippen molar-refractivity contribution in [3.8, 4) is 5.75 Å². The van der Waals surface area contributed by atoms with Crippen LogP contribution in [-0.4, -0.2) is 25.4 Å². The van der Waals surface area contributed by atoms with Gasteiger partial charge in [-0.3, -0.25) is 4.79 Å². The van der Waals surface area contributed by atoms with Crippen LogP contribution in [0, 0.1) is 13.8 Å². The van der Waals surface area contributed by atoms with Crippen molar-refractivity contribution in [2.45, 2.75) is 20.3 Å². The van der Waals surface area contributed by atoms with Crippen LogP contribution in [0.4, 0.5) is 0 Å². The maximum Gasteiger partial charge on any atom is 0.234 e. The first-order valence-electron chi connectivity index (χ1n) is 5.55. The van der Waals surface area contributed by atoms with Crippen LogP contribution in [0.25, 0.3) is 0 Å². The topological polar surface area (TPSA) is 38.3 Å². The molecule has 0 saturated heterocycles. The zero-order valence-electron chi connectivity index (χ0n) is 10.5. The molecule has 0 atom stereocenters. The van der Waals surface area contributed by atoms with E-state index in [-0.39, 0.29) is 11.8 Å². The number of rotatable bonds is 5. The SMILES string of the molecule is COc1c(C)cc(C)cc1CCNC(=O)CCl. The van der Waals surface area contributed by atoms with Crippen LogP contribution in [0.5, 0.6) is 5.75 Å². The van der Waals surface area contributed by atoms with E-state index in [9.17, 15) is 4.79 Å². The van der Waals surface area contributed by atoms with E-state index >= 15 is 0 Å². The minimum absolute atomic E-state index is 0.00395. The highest BCUT2D eigenvalue weighted by molar-refractivity contribution is 6.27. The maximum atomic E-state index is 11.0. The highest BCUT2D eigenvalue weighted by atomic mass is 35.5. The van der Waals surface area contributed by atoms with E-state index in [0.29, 0.717) is 6.54 Å². The molecule has 3 nitrogen and oxygen atoms in total. The van der Waals surface area contributed by atoms with Gasteiger partial charge in [0.05, 0.1) is 7.11 Å². The summed E-state index contributed by atoms with van der Waals surface area (Å²) in [5, 5.41) is 2.74. The summed E-state index contributed by atoms with van der Waals surface area (Å²) in [5.41, 5.74) is 3.42. The summed E-state index contributed by atoms with van der Waals surface area (Å²) in [5.74, 6) is 0.759. The van der Waals surface area contributed by atoms with Gasteiger partial charge in [-0.05, 0) is 31.4 Å². The molecule has 0 fully saturated rings. The monoisotopic (exact) mass is 255 g/mol. The number of hydrogen-bond donors (Lipinski definition) is 1. The van der Waals surface area contributed by atoms with E-state index in [0.717, 1.165) is 23.3 Å². The number of benzene rings is 1. The van der Waals surface area contributed by atoms with Crippen molar-refractivity contribution in [2.24, 2.45) is 0 Å². The summed E-state index contributed by atoms with van der Waals surface area (Å²) in [7, 11) is 1.67. The summed E-state index contributed by atoms with van der Waals surface area (Å²) in [4.78, 5) is 11.0. The van der Waals surface area contributed by atoms with Crippen LogP contribution >= 0.6 is 11.6 Å². The quantitative estimate of drug-likeness (QED) is 0.820. The highest BCUT2D eigenvalue weighted by Crippen LogP contribution is 2.25. The molecule has 1 aromatic rings. The van der Waals surface area contributed by atoms with Gasteiger partial charge in [0.25, 0.3) is 0 Å². The molecule has 0 spiro atoms. The standard InChI is InChI=1S/C13H18ClNO2/c1-9-6-10(2)13(17-3)11(7-9)4-5-15-12(16)8-14/h6-7H,4-5,8H2,1-3H3,(H,15,16). The Labute approximate surface area is 107 Å². The van der Waals surface area contributed by atoms with Gasteiger partial charge in [0.15, 0.2) is 0 Å². The minimum atomic E-state index is -0.144. The number of methoxy groups -OCH3 is 1. The lowest BCUT2D eigenvalue weighted by Gasteiger charge is -2.13. The first-order valence-corrected chi connectivity index (χ1v) is 6.08. The summed E-state index contributed by atoms with van der Waals surface area (Å²) >= 11 is 5.41. The second-order valence-corrected chi connectivity index (χ2v) is 4.28. The number of alkyl halides is 1. The van der Waals surface area contributed by atoms with E-state index in [1.54, 1.807) is 7.11 Å². The average Bonchev–Trinajstić information content (AvgIpc) is 2.28. The zero-order chi connectivity index (χ0) is 12.8. The van der Waals surface area contributed by atoms with Crippen molar-refractivity contribution >= 4 is 17.5 Å². The van der Waals surface area contributed by atoms with E-state index < -0.39 is 0 Å². The molecular formula is C13H18ClNO2. The lowest BCUT2D eigenvalue weighted by atomic mass is 10.0. The number of nitrogens with one attached hydrogen (secondary N) is 1. The van der Waals surface area contributed by atoms with Gasteiger partial charge in [-0.25, -0.2) is 0 Å². The smallest absolute Gasteiger partial charge is 0.234 e. The fraction of sp³-hybridized carbons (Fsp3) is 0.462. The first-order chi connectivity index (χ1) is 8.08. The van der Waals surface area contributed by atoms with Crippen molar-refractivity contribution in [1.29, 1.82) is 0 Å². The molecule has 0 aliphatic carbocycles. The Morgan fingerprint density at radius 3 is 2.71 bits per heavy atom. The van der Waals surface area contributed by atoms with E-state index in [4.69, 9.17) is 16.3 Å². The van der Waals surface area contributed by atoms with Gasteiger partial charge < -0.3 is 10.1 Å². The Hall–Kier alpha value is -1.22. The Morgan fingerprint density at radius 2 is 2.12 bits per heavy atom. The van der Waals surface area contributed by atoms with E-state index in [1.807, 2.05) is 13.8 Å². The fourth-order valence-corrected chi connectivity index (χ4v) is 2.00. The predicted molar refractivity (Wildman–Crippen MR) is 69.9 cm³/mol. The largest absolute Gasteiger partial charge is 0.496 e. The third-order valence-corrected chi connectivity index (χ3v) is 2.78. The molecule has 1 aromatic carbocycles. The Balaban J connectivity index is 2.72. The fourth-order valence-electron chi connectivity index (χ4n) is 1.90. The van der Waals surface area contributed by atoms with Crippen molar-refractivity contribution in [3.63, 3.8) is 0 Å². The summed E-state index contributed by atoms with van der Waals surface area (Å²) < 4.78 is 5.38. The van der Waals surface area contributed by atoms with Gasteiger partial charge in [0, 0.05) is 6.54 Å². The molecule has 1 rings (SSSR count). The predicted octanol–water partition coefficient (Wildman–Crippen LogP) is 2.21. The number of ether oxygens (including phenoxy) is 1. The van der Waals surface area contributed by atoms with Crippen molar-refractivity contribution in [1.82, 2.24) is 5.32 Å². The first kappa shape index (κ1) is 13.8. The molecule has 4 heteroatoms. The molecule has 0 aliphatic heterocycles. The highest BCUT2D eigenvalue weighted by Gasteiger charge is 2.07. The zero-order valence-corrected chi connectivity index (χ0v) is 11.2. The molecule has 17 heavy (non-hydrogen) atoms. The summed E-state index contributed by atoms with van der Waals surface area (Å²) in [6, 6.07) is 4.17. The molecule has 0 saturated carbocycles. The third-order valence-electron chi connectivity index (χ3n) is 2.54. The molecule has 0 heterocycles. The second kappa shape index (κ2) is 6.50. The van der Waals surface area contributed by atoms with Gasteiger partial charge in [-0.1, -0.05) is 17.7 Å². The number of halogens is 1. The lowest BCUT2D eigenvalue weighted by Crippen LogP contribution is -2.26. The van der Waals surface area contributed by atoms with Gasteiger partial charge in [-0.15, -0.1) is 11.6 Å². The van der Waals surface area contributed by atoms with Crippen molar-refractivity contribution in [2.75, 3.05) is 19.5 Å². The van der Waals surface area contributed by atoms with E-state index in [2.05, 4.69) is 17.4 Å². The number of hydrogen-bond acceptors (Lipinski definition) is 2. The van der Waals surface area contributed by atoms with Gasteiger partial charge in [0.2, 0.25) is 5.91 Å². The Bertz CT molecular complexity index is 405. The number of carbonyl (C=O) groups excluding carboxylic acids is 1. The van der Waals surface area contributed by atoms with Crippen molar-refractivity contribution < 1.29 is 9.53 Å². The van der Waals surface area contributed by atoms with Gasteiger partial charge in [-0.2, -0.15) is 0 Å². The Morgan fingerprint density at radius 1 is 1.41 bits per heavy atom. The van der Waals surface area contributed by atoms with Gasteiger partial charge >= 0.3 is 0 Å². The third kappa shape index (κ3) is 3.93. The molecule has 94 valence electrons. The normalized spacial score (nSPS) is 10.1. The molecule has 0 aromatic heterocycles. The van der Waals surface area contributed by atoms with E-state index in [1.165, 1.54) is 5.56 Å². The lowest BCUT2D eigenvalue weighted by molar-refractivity contribution is -0.118. The van der Waals surface area contributed by atoms with Crippen LogP contribution in [0.3, 0.4) is 0 Å². The second-order valence-electron chi connectivity index (χ2n) is 4.01. The summed E-state index contributed by atoms with van der Waals surface area (Å²) in [6.45, 7) is 4.64. The van der Waals surface area contributed by atoms with Crippen LogP contribution in [-0.2, 0) is 11.2 Å². The summed E-state index contributed by atoms with van der Waals surface area (Å²) in [6.07, 6.45) is 0.744. The molecule has 1 N–H and O–H groups in total. The Kier molecular flexibility index (Phi) is 5.29. The van der Waals surface area contributed by atoms with Crippen LogP contribution in [0.2, 0.25) is 0 Å². The molecular weight excluding hydrogens is 238 g/mol. The van der Waals surface area contributed by atoms with Gasteiger partial charge in [0.1, 0.15) is 11.6 Å². The number of aryl methyl sites for hydroxylation is 2. The maximum absolute atomic E-state index is 11.0. The molecule has 0 radical (unpaired) electrons. The molecule has 0 aliphatic rings. The molecule has 0 bridgehead atoms. The number of carbonyl (C=O) groups is 1. The number of amides is 1. The van der Waals surface area contributed by atoms with Crippen LogP contribution < -0.4 is 10.1 Å². The molecule has 0 unspecified atom stereocenters. The van der Waals surface area contributed by atoms with Crippen molar-refractivity contribution in [3.05, 3.63) is 28.8 Å². The minimum Gasteiger partial charge on any atom is -0.496 e.